The molecule has 2 fully saturated rings. The summed E-state index contributed by atoms with van der Waals surface area (Å²) in [6.45, 7) is 3.94. The zero-order valence-electron chi connectivity index (χ0n) is 17.3. The van der Waals surface area contributed by atoms with Gasteiger partial charge in [-0.05, 0) is 55.0 Å². The average Bonchev–Trinajstić information content (AvgIpc) is 2.81. The number of hydrogen-bond acceptors (Lipinski definition) is 3. The zero-order valence-corrected chi connectivity index (χ0v) is 17.3. The highest BCUT2D eigenvalue weighted by atomic mass is 16.5. The molecule has 1 N–H and O–H groups in total. The second-order valence-corrected chi connectivity index (χ2v) is 8.03. The number of benzene rings is 2. The zero-order chi connectivity index (χ0) is 20.8. The van der Waals surface area contributed by atoms with Crippen molar-refractivity contribution in [3.63, 3.8) is 0 Å². The van der Waals surface area contributed by atoms with Gasteiger partial charge in [0.05, 0.1) is 13.2 Å². The first-order chi connectivity index (χ1) is 14.7. The Kier molecular flexibility index (Phi) is 6.64. The second-order valence-electron chi connectivity index (χ2n) is 8.03. The maximum absolute atomic E-state index is 12.9. The van der Waals surface area contributed by atoms with E-state index in [9.17, 15) is 9.59 Å². The van der Waals surface area contributed by atoms with E-state index in [1.807, 2.05) is 11.0 Å². The van der Waals surface area contributed by atoms with E-state index in [0.29, 0.717) is 43.5 Å². The number of urea groups is 1. The lowest BCUT2D eigenvalue weighted by molar-refractivity contribution is 0.0564. The van der Waals surface area contributed by atoms with Crippen LogP contribution in [0.5, 0.6) is 0 Å². The molecule has 0 radical (unpaired) electrons. The number of nitrogens with one attached hydrogen (secondary N) is 1. The third-order valence-corrected chi connectivity index (χ3v) is 5.95. The van der Waals surface area contributed by atoms with Crippen LogP contribution in [0, 0.1) is 5.92 Å². The summed E-state index contributed by atoms with van der Waals surface area (Å²) in [5.41, 5.74) is 2.74. The summed E-state index contributed by atoms with van der Waals surface area (Å²) in [6, 6.07) is 17.6. The summed E-state index contributed by atoms with van der Waals surface area (Å²) < 4.78 is 5.27. The minimum atomic E-state index is -0.127. The Morgan fingerprint density at radius 2 is 1.53 bits per heavy atom. The third kappa shape index (κ3) is 5.19. The maximum atomic E-state index is 12.9. The standard InChI is InChI=1S/C24H29N3O3/c28-23(26-12-10-20(11-13-26)18-19-4-2-1-3-5-19)21-6-8-22(9-7-21)25-24(29)27-14-16-30-17-15-27/h1-9,20H,10-18H2,(H,25,29). The van der Waals surface area contributed by atoms with E-state index >= 15 is 0 Å². The molecule has 2 saturated heterocycles. The highest BCUT2D eigenvalue weighted by molar-refractivity contribution is 5.95. The number of amides is 3. The minimum Gasteiger partial charge on any atom is -0.378 e. The van der Waals surface area contributed by atoms with Crippen molar-refractivity contribution in [2.24, 2.45) is 5.92 Å². The molecule has 2 aromatic carbocycles. The molecule has 4 rings (SSSR count). The van der Waals surface area contributed by atoms with Crippen molar-refractivity contribution in [3.05, 3.63) is 65.7 Å². The van der Waals surface area contributed by atoms with Gasteiger partial charge in [-0.25, -0.2) is 4.79 Å². The van der Waals surface area contributed by atoms with Gasteiger partial charge in [0.15, 0.2) is 0 Å². The lowest BCUT2D eigenvalue weighted by atomic mass is 9.90. The molecular formula is C24H29N3O3. The quantitative estimate of drug-likeness (QED) is 0.842. The molecule has 2 aliphatic heterocycles. The lowest BCUT2D eigenvalue weighted by Crippen LogP contribution is -2.43. The summed E-state index contributed by atoms with van der Waals surface area (Å²) in [6.07, 6.45) is 3.16. The van der Waals surface area contributed by atoms with E-state index in [-0.39, 0.29) is 11.9 Å². The van der Waals surface area contributed by atoms with Gasteiger partial charge in [0, 0.05) is 37.4 Å². The average molecular weight is 408 g/mol. The first kappa shape index (κ1) is 20.4. The molecule has 3 amide bonds. The number of piperidine rings is 1. The highest BCUT2D eigenvalue weighted by Gasteiger charge is 2.24. The van der Waals surface area contributed by atoms with E-state index in [4.69, 9.17) is 4.74 Å². The fraction of sp³-hybridized carbons (Fsp3) is 0.417. The second kappa shape index (κ2) is 9.76. The normalized spacial score (nSPS) is 17.6. The number of nitrogens with zero attached hydrogens (tertiary/aromatic N) is 2. The number of rotatable bonds is 4. The first-order valence-corrected chi connectivity index (χ1v) is 10.8. The third-order valence-electron chi connectivity index (χ3n) is 5.95. The molecule has 6 nitrogen and oxygen atoms in total. The van der Waals surface area contributed by atoms with Crippen molar-refractivity contribution in [2.75, 3.05) is 44.7 Å². The fourth-order valence-corrected chi connectivity index (χ4v) is 4.14. The topological polar surface area (TPSA) is 61.9 Å². The van der Waals surface area contributed by atoms with E-state index < -0.39 is 0 Å². The predicted octanol–water partition coefficient (Wildman–Crippen LogP) is 3.65. The summed E-state index contributed by atoms with van der Waals surface area (Å²) in [4.78, 5) is 28.8. The van der Waals surface area contributed by atoms with Crippen molar-refractivity contribution >= 4 is 17.6 Å². The first-order valence-electron chi connectivity index (χ1n) is 10.8. The predicted molar refractivity (Wildman–Crippen MR) is 117 cm³/mol. The van der Waals surface area contributed by atoms with E-state index in [1.165, 1.54) is 5.56 Å². The minimum absolute atomic E-state index is 0.0687. The summed E-state index contributed by atoms with van der Waals surface area (Å²) in [5, 5.41) is 2.89. The number of likely N-dealkylation sites (tertiary alicyclic amines) is 1. The lowest BCUT2D eigenvalue weighted by Gasteiger charge is -2.32. The Balaban J connectivity index is 1.27. The number of carbonyl (C=O) groups excluding carboxylic acids is 2. The number of carbonyl (C=O) groups is 2. The maximum Gasteiger partial charge on any atom is 0.321 e. The van der Waals surface area contributed by atoms with Crippen molar-refractivity contribution in [3.8, 4) is 0 Å². The molecule has 0 unspecified atom stereocenters. The fourth-order valence-electron chi connectivity index (χ4n) is 4.14. The van der Waals surface area contributed by atoms with Crippen molar-refractivity contribution in [1.29, 1.82) is 0 Å². The Bertz CT molecular complexity index is 840. The molecule has 0 aliphatic carbocycles. The number of morpholine rings is 1. The van der Waals surface area contributed by atoms with Crippen LogP contribution < -0.4 is 5.32 Å². The Labute approximate surface area is 177 Å². The number of ether oxygens (including phenoxy) is 1. The van der Waals surface area contributed by atoms with E-state index in [2.05, 4.69) is 29.6 Å². The van der Waals surface area contributed by atoms with Crippen LogP contribution in [0.1, 0.15) is 28.8 Å². The smallest absolute Gasteiger partial charge is 0.321 e. The van der Waals surface area contributed by atoms with E-state index in [1.54, 1.807) is 29.2 Å². The van der Waals surface area contributed by atoms with E-state index in [0.717, 1.165) is 32.4 Å². The molecule has 0 aromatic heterocycles. The van der Waals surface area contributed by atoms with Gasteiger partial charge in [-0.15, -0.1) is 0 Å². The number of anilines is 1. The van der Waals surface area contributed by atoms with Gasteiger partial charge >= 0.3 is 6.03 Å². The van der Waals surface area contributed by atoms with Crippen LogP contribution in [-0.2, 0) is 11.2 Å². The highest BCUT2D eigenvalue weighted by Crippen LogP contribution is 2.23. The van der Waals surface area contributed by atoms with Gasteiger partial charge in [0.2, 0.25) is 0 Å². The van der Waals surface area contributed by atoms with Gasteiger partial charge < -0.3 is 19.9 Å². The largest absolute Gasteiger partial charge is 0.378 e. The molecular weight excluding hydrogens is 378 g/mol. The molecule has 2 heterocycles. The van der Waals surface area contributed by atoms with Crippen molar-refractivity contribution in [2.45, 2.75) is 19.3 Å². The number of hydrogen-bond donors (Lipinski definition) is 1. The Hall–Kier alpha value is -2.86. The molecule has 2 aromatic rings. The molecule has 158 valence electrons. The monoisotopic (exact) mass is 407 g/mol. The molecule has 6 heteroatoms. The van der Waals surface area contributed by atoms with Gasteiger partial charge in [-0.1, -0.05) is 30.3 Å². The SMILES string of the molecule is O=C(Nc1ccc(C(=O)N2CCC(Cc3ccccc3)CC2)cc1)N1CCOCC1. The molecule has 0 saturated carbocycles. The van der Waals surface area contributed by atoms with Crippen LogP contribution in [0.25, 0.3) is 0 Å². The molecule has 0 atom stereocenters. The molecule has 2 aliphatic rings. The van der Waals surface area contributed by atoms with Crippen LogP contribution >= 0.6 is 0 Å². The van der Waals surface area contributed by atoms with Crippen LogP contribution in [-0.4, -0.2) is 61.1 Å². The molecule has 0 spiro atoms. The van der Waals surface area contributed by atoms with Crippen LogP contribution in [0.2, 0.25) is 0 Å². The summed E-state index contributed by atoms with van der Waals surface area (Å²) >= 11 is 0. The summed E-state index contributed by atoms with van der Waals surface area (Å²) in [5.74, 6) is 0.702. The van der Waals surface area contributed by atoms with Gasteiger partial charge in [0.1, 0.15) is 0 Å². The van der Waals surface area contributed by atoms with Crippen LogP contribution in [0.15, 0.2) is 54.6 Å². The Morgan fingerprint density at radius 1 is 0.867 bits per heavy atom. The van der Waals surface area contributed by atoms with Gasteiger partial charge in [-0.3, -0.25) is 4.79 Å². The van der Waals surface area contributed by atoms with Crippen molar-refractivity contribution < 1.29 is 14.3 Å². The van der Waals surface area contributed by atoms with Crippen LogP contribution in [0.3, 0.4) is 0 Å². The Morgan fingerprint density at radius 3 is 2.20 bits per heavy atom. The van der Waals surface area contributed by atoms with Crippen LogP contribution in [0.4, 0.5) is 10.5 Å². The van der Waals surface area contributed by atoms with Crippen molar-refractivity contribution in [1.82, 2.24) is 9.80 Å². The van der Waals surface area contributed by atoms with Gasteiger partial charge in [-0.2, -0.15) is 0 Å². The molecule has 30 heavy (non-hydrogen) atoms. The molecule has 0 bridgehead atoms. The summed E-state index contributed by atoms with van der Waals surface area (Å²) in [7, 11) is 0. The van der Waals surface area contributed by atoms with Gasteiger partial charge in [0.25, 0.3) is 5.91 Å².